The van der Waals surface area contributed by atoms with Gasteiger partial charge in [-0.25, -0.2) is 0 Å². The van der Waals surface area contributed by atoms with Gasteiger partial charge >= 0.3 is 0 Å². The zero-order valence-electron chi connectivity index (χ0n) is 17.7. The summed E-state index contributed by atoms with van der Waals surface area (Å²) in [5, 5.41) is 9.81. The Morgan fingerprint density at radius 2 is 1.81 bits per heavy atom. The van der Waals surface area contributed by atoms with E-state index in [0.717, 1.165) is 31.3 Å². The van der Waals surface area contributed by atoms with Crippen molar-refractivity contribution in [1.29, 1.82) is 0 Å². The van der Waals surface area contributed by atoms with Crippen molar-refractivity contribution in [2.24, 2.45) is 5.92 Å². The lowest BCUT2D eigenvalue weighted by Crippen LogP contribution is -2.58. The first-order valence-corrected chi connectivity index (χ1v) is 10.3. The van der Waals surface area contributed by atoms with E-state index in [0.29, 0.717) is 12.0 Å². The highest BCUT2D eigenvalue weighted by molar-refractivity contribution is 5.82. The Hall–Kier alpha value is -1.81. The zero-order valence-corrected chi connectivity index (χ0v) is 17.7. The van der Waals surface area contributed by atoms with Gasteiger partial charge in [0.25, 0.3) is 0 Å². The highest BCUT2D eigenvalue weighted by Gasteiger charge is 2.43. The average molecular weight is 367 g/mol. The lowest BCUT2D eigenvalue weighted by atomic mass is 9.77. The molecule has 1 unspecified atom stereocenters. The highest BCUT2D eigenvalue weighted by Crippen LogP contribution is 2.42. The van der Waals surface area contributed by atoms with Gasteiger partial charge in [0.15, 0.2) is 0 Å². The third kappa shape index (κ3) is 3.40. The van der Waals surface area contributed by atoms with Crippen LogP contribution in [0, 0.1) is 5.92 Å². The maximum Gasteiger partial charge on any atom is 0.0930 e. The molecule has 0 amide bonds. The second-order valence-electron chi connectivity index (χ2n) is 9.97. The molecule has 0 spiro atoms. The average Bonchev–Trinajstić information content (AvgIpc) is 3.03. The molecule has 146 valence electrons. The van der Waals surface area contributed by atoms with E-state index in [9.17, 15) is 0 Å². The molecule has 4 heteroatoms. The van der Waals surface area contributed by atoms with Gasteiger partial charge in [-0.05, 0) is 71.6 Å². The molecule has 3 heterocycles. The number of piperidine rings is 1. The van der Waals surface area contributed by atoms with Crippen LogP contribution in [0.15, 0.2) is 30.5 Å². The third-order valence-electron chi connectivity index (χ3n) is 6.86. The molecule has 0 saturated carbocycles. The summed E-state index contributed by atoms with van der Waals surface area (Å²) in [6.45, 7) is 12.7. The standard InChI is InChI=1S/C23H34N4/c1-16-7-10-20(24-14-16)17-8-9-18-15-27(25-21(18)11-17)19-12-22(2,3)26(6)23(4,5)13-19/h8-11,15-16,19,24H,7,12-14H2,1-6H3. The van der Waals surface area contributed by atoms with Crippen LogP contribution in [0.4, 0.5) is 0 Å². The van der Waals surface area contributed by atoms with E-state index >= 15 is 0 Å². The summed E-state index contributed by atoms with van der Waals surface area (Å²) in [4.78, 5) is 2.53. The maximum atomic E-state index is 5.01. The van der Waals surface area contributed by atoms with Crippen LogP contribution in [0.5, 0.6) is 0 Å². The summed E-state index contributed by atoms with van der Waals surface area (Å²) in [7, 11) is 2.26. The molecule has 1 aromatic carbocycles. The predicted molar refractivity (Wildman–Crippen MR) is 114 cm³/mol. The second-order valence-corrected chi connectivity index (χ2v) is 9.97. The van der Waals surface area contributed by atoms with Gasteiger partial charge in [0.05, 0.1) is 11.6 Å². The van der Waals surface area contributed by atoms with Gasteiger partial charge in [-0.15, -0.1) is 0 Å². The molecule has 0 bridgehead atoms. The summed E-state index contributed by atoms with van der Waals surface area (Å²) in [5.41, 5.74) is 3.95. The molecule has 1 atom stereocenters. The van der Waals surface area contributed by atoms with E-state index in [4.69, 9.17) is 5.10 Å². The van der Waals surface area contributed by atoms with Crippen molar-refractivity contribution in [3.63, 3.8) is 0 Å². The van der Waals surface area contributed by atoms with Gasteiger partial charge < -0.3 is 5.32 Å². The first kappa shape index (κ1) is 18.5. The van der Waals surface area contributed by atoms with Crippen LogP contribution in [0.1, 0.15) is 65.5 Å². The molecule has 1 saturated heterocycles. The first-order valence-electron chi connectivity index (χ1n) is 10.3. The quantitative estimate of drug-likeness (QED) is 0.826. The van der Waals surface area contributed by atoms with Gasteiger partial charge in [-0.2, -0.15) is 5.10 Å². The van der Waals surface area contributed by atoms with Crippen LogP contribution in [0.25, 0.3) is 16.6 Å². The lowest BCUT2D eigenvalue weighted by Gasteiger charge is -2.53. The lowest BCUT2D eigenvalue weighted by molar-refractivity contribution is -0.0284. The van der Waals surface area contributed by atoms with Gasteiger partial charge in [0, 0.05) is 34.9 Å². The molecule has 4 rings (SSSR count). The monoisotopic (exact) mass is 366 g/mol. The van der Waals surface area contributed by atoms with Gasteiger partial charge in [-0.3, -0.25) is 9.58 Å². The predicted octanol–water partition coefficient (Wildman–Crippen LogP) is 4.83. The Bertz CT molecular complexity index is 856. The summed E-state index contributed by atoms with van der Waals surface area (Å²) < 4.78 is 2.23. The van der Waals surface area contributed by atoms with E-state index in [-0.39, 0.29) is 11.1 Å². The Balaban J connectivity index is 1.64. The minimum absolute atomic E-state index is 0.170. The highest BCUT2D eigenvalue weighted by atomic mass is 15.3. The van der Waals surface area contributed by atoms with Crippen molar-refractivity contribution < 1.29 is 0 Å². The van der Waals surface area contributed by atoms with Gasteiger partial charge in [-0.1, -0.05) is 25.1 Å². The molecule has 1 fully saturated rings. The number of likely N-dealkylation sites (tertiary alicyclic amines) is 1. The summed E-state index contributed by atoms with van der Waals surface area (Å²) in [6, 6.07) is 7.13. The number of aromatic nitrogens is 2. The smallest absolute Gasteiger partial charge is 0.0930 e. The maximum absolute atomic E-state index is 5.01. The molecule has 27 heavy (non-hydrogen) atoms. The fraction of sp³-hybridized carbons (Fsp3) is 0.609. The molecule has 4 nitrogen and oxygen atoms in total. The molecule has 2 aromatic rings. The van der Waals surface area contributed by atoms with Gasteiger partial charge in [0.1, 0.15) is 0 Å². The Labute approximate surface area is 163 Å². The fourth-order valence-corrected chi connectivity index (χ4v) is 4.87. The van der Waals surface area contributed by atoms with Crippen LogP contribution in [-0.4, -0.2) is 39.4 Å². The SMILES string of the molecule is CC1CC=C(c2ccc3cn(C4CC(C)(C)N(C)C(C)(C)C4)nc3c2)NC1. The van der Waals surface area contributed by atoms with Crippen molar-refractivity contribution in [3.8, 4) is 0 Å². The van der Waals surface area contributed by atoms with Crippen LogP contribution in [0.2, 0.25) is 0 Å². The third-order valence-corrected chi connectivity index (χ3v) is 6.86. The summed E-state index contributed by atoms with van der Waals surface area (Å²) >= 11 is 0. The normalized spacial score (nSPS) is 26.0. The van der Waals surface area contributed by atoms with E-state index in [1.807, 2.05) is 0 Å². The molecule has 2 aliphatic rings. The van der Waals surface area contributed by atoms with E-state index < -0.39 is 0 Å². The number of fused-ring (bicyclic) bond motifs is 1. The van der Waals surface area contributed by atoms with Crippen LogP contribution in [0.3, 0.4) is 0 Å². The van der Waals surface area contributed by atoms with Crippen LogP contribution in [-0.2, 0) is 0 Å². The summed E-state index contributed by atoms with van der Waals surface area (Å²) in [5.74, 6) is 0.716. The number of hydrogen-bond donors (Lipinski definition) is 1. The topological polar surface area (TPSA) is 33.1 Å². The van der Waals surface area contributed by atoms with Crippen molar-refractivity contribution in [1.82, 2.24) is 20.0 Å². The molecular formula is C23H34N4. The molecule has 0 aliphatic carbocycles. The van der Waals surface area contributed by atoms with Crippen molar-refractivity contribution in [3.05, 3.63) is 36.0 Å². The zero-order chi connectivity index (χ0) is 19.4. The van der Waals surface area contributed by atoms with E-state index in [1.54, 1.807) is 0 Å². The van der Waals surface area contributed by atoms with Crippen LogP contribution >= 0.6 is 0 Å². The van der Waals surface area contributed by atoms with E-state index in [1.165, 1.54) is 16.6 Å². The minimum atomic E-state index is 0.170. The molecular weight excluding hydrogens is 332 g/mol. The largest absolute Gasteiger partial charge is 0.385 e. The van der Waals surface area contributed by atoms with Crippen molar-refractivity contribution >= 4 is 16.6 Å². The number of hydrogen-bond acceptors (Lipinski definition) is 3. The van der Waals surface area contributed by atoms with E-state index in [2.05, 4.69) is 87.0 Å². The Morgan fingerprint density at radius 3 is 2.44 bits per heavy atom. The van der Waals surface area contributed by atoms with Crippen LogP contribution < -0.4 is 5.32 Å². The van der Waals surface area contributed by atoms with Gasteiger partial charge in [0.2, 0.25) is 0 Å². The number of rotatable bonds is 2. The molecule has 0 radical (unpaired) electrons. The Morgan fingerprint density at radius 1 is 1.11 bits per heavy atom. The molecule has 2 aliphatic heterocycles. The van der Waals surface area contributed by atoms with Crippen molar-refractivity contribution in [2.75, 3.05) is 13.6 Å². The summed E-state index contributed by atoms with van der Waals surface area (Å²) in [6.07, 6.45) is 7.96. The fourth-order valence-electron chi connectivity index (χ4n) is 4.87. The Kier molecular flexibility index (Phi) is 4.38. The number of nitrogens with zero attached hydrogens (tertiary/aromatic N) is 3. The number of nitrogens with one attached hydrogen (secondary N) is 1. The number of benzene rings is 1. The second kappa shape index (κ2) is 6.37. The van der Waals surface area contributed by atoms with Crippen molar-refractivity contribution in [2.45, 2.75) is 71.0 Å². The minimum Gasteiger partial charge on any atom is -0.385 e. The molecule has 1 aromatic heterocycles. The first-order chi connectivity index (χ1) is 12.7. The number of allylic oxidation sites excluding steroid dienone is 1. The molecule has 1 N–H and O–H groups in total.